The lowest BCUT2D eigenvalue weighted by Gasteiger charge is -2.18. The Labute approximate surface area is 146 Å². The van der Waals surface area contributed by atoms with E-state index in [-0.39, 0.29) is 18.4 Å². The number of carbonyl (C=O) groups is 2. The van der Waals surface area contributed by atoms with Crippen LogP contribution in [0.2, 0.25) is 0 Å². The molecule has 0 atom stereocenters. The number of rotatable bonds is 5. The third-order valence-electron chi connectivity index (χ3n) is 3.83. The number of nitrogens with one attached hydrogen (secondary N) is 2. The maximum absolute atomic E-state index is 12.2. The first kappa shape index (κ1) is 16.8. The van der Waals surface area contributed by atoms with E-state index in [1.165, 1.54) is 0 Å². The summed E-state index contributed by atoms with van der Waals surface area (Å²) in [6.07, 6.45) is 2.81. The number of hydrogen-bond acceptors (Lipinski definition) is 5. The minimum absolute atomic E-state index is 0.0220. The monoisotopic (exact) mass is 340 g/mol. The molecule has 0 aliphatic carbocycles. The molecule has 7 heteroatoms. The van der Waals surface area contributed by atoms with Crippen LogP contribution in [0.4, 0.5) is 17.2 Å². The average molecular weight is 340 g/mol. The maximum Gasteiger partial charge on any atom is 0.262 e. The third kappa shape index (κ3) is 4.06. The fourth-order valence-electron chi connectivity index (χ4n) is 2.64. The van der Waals surface area contributed by atoms with Crippen molar-refractivity contribution in [1.29, 1.82) is 0 Å². The van der Waals surface area contributed by atoms with Gasteiger partial charge in [-0.3, -0.25) is 9.59 Å². The summed E-state index contributed by atoms with van der Waals surface area (Å²) in [5.74, 6) is 1.04. The molecule has 0 fully saturated rings. The zero-order valence-corrected chi connectivity index (χ0v) is 14.2. The van der Waals surface area contributed by atoms with Gasteiger partial charge in [-0.25, -0.2) is 4.98 Å². The third-order valence-corrected chi connectivity index (χ3v) is 3.83. The van der Waals surface area contributed by atoms with Crippen LogP contribution in [0.1, 0.15) is 12.0 Å². The van der Waals surface area contributed by atoms with Crippen LogP contribution < -0.4 is 20.3 Å². The lowest BCUT2D eigenvalue weighted by Crippen LogP contribution is -2.23. The molecule has 0 unspecified atom stereocenters. The van der Waals surface area contributed by atoms with Gasteiger partial charge in [-0.15, -0.1) is 0 Å². The number of anilines is 3. The van der Waals surface area contributed by atoms with E-state index in [0.29, 0.717) is 30.1 Å². The van der Waals surface area contributed by atoms with Crippen LogP contribution in [0, 0.1) is 0 Å². The highest BCUT2D eigenvalue weighted by Crippen LogP contribution is 2.27. The maximum atomic E-state index is 12.2. The van der Waals surface area contributed by atoms with Gasteiger partial charge in [-0.1, -0.05) is 0 Å². The van der Waals surface area contributed by atoms with Gasteiger partial charge in [0, 0.05) is 32.4 Å². The first-order valence-electron chi connectivity index (χ1n) is 8.00. The second kappa shape index (κ2) is 7.21. The molecular formula is C18H20N4O3. The second-order valence-electron chi connectivity index (χ2n) is 5.97. The van der Waals surface area contributed by atoms with Crippen molar-refractivity contribution in [1.82, 2.24) is 4.98 Å². The Morgan fingerprint density at radius 3 is 2.96 bits per heavy atom. The van der Waals surface area contributed by atoms with Crippen molar-refractivity contribution in [3.8, 4) is 5.75 Å². The average Bonchev–Trinajstić information content (AvgIpc) is 2.60. The Balaban J connectivity index is 1.61. The predicted molar refractivity (Wildman–Crippen MR) is 96.1 cm³/mol. The van der Waals surface area contributed by atoms with E-state index < -0.39 is 0 Å². The fourth-order valence-corrected chi connectivity index (χ4v) is 2.64. The van der Waals surface area contributed by atoms with E-state index in [1.54, 1.807) is 30.5 Å². The van der Waals surface area contributed by atoms with Gasteiger partial charge in [0.25, 0.3) is 5.91 Å². The molecule has 3 rings (SSSR count). The SMILES string of the molecule is CN(C)c1ncccc1NC(=O)COc1ccc2c(c1)CCC(=O)N2. The second-order valence-corrected chi connectivity index (χ2v) is 5.97. The number of fused-ring (bicyclic) bond motifs is 1. The van der Waals surface area contributed by atoms with Gasteiger partial charge in [-0.05, 0) is 42.3 Å². The summed E-state index contributed by atoms with van der Waals surface area (Å²) in [7, 11) is 3.72. The molecule has 0 bridgehead atoms. The number of pyridine rings is 1. The van der Waals surface area contributed by atoms with Crippen LogP contribution in [-0.2, 0) is 16.0 Å². The number of hydrogen-bond donors (Lipinski definition) is 2. The molecule has 2 amide bonds. The summed E-state index contributed by atoms with van der Waals surface area (Å²) >= 11 is 0. The predicted octanol–water partition coefficient (Wildman–Crippen LogP) is 2.05. The molecule has 0 spiro atoms. The normalized spacial score (nSPS) is 12.8. The summed E-state index contributed by atoms with van der Waals surface area (Å²) in [5.41, 5.74) is 2.45. The zero-order chi connectivity index (χ0) is 17.8. The molecule has 7 nitrogen and oxygen atoms in total. The number of nitrogens with zero attached hydrogens (tertiary/aromatic N) is 2. The fraction of sp³-hybridized carbons (Fsp3) is 0.278. The minimum atomic E-state index is -0.262. The highest BCUT2D eigenvalue weighted by Gasteiger charge is 2.15. The van der Waals surface area contributed by atoms with Crippen molar-refractivity contribution in [3.05, 3.63) is 42.1 Å². The summed E-state index contributed by atoms with van der Waals surface area (Å²) < 4.78 is 5.57. The smallest absolute Gasteiger partial charge is 0.262 e. The van der Waals surface area contributed by atoms with Gasteiger partial charge in [0.05, 0.1) is 5.69 Å². The number of ether oxygens (including phenoxy) is 1. The van der Waals surface area contributed by atoms with Crippen molar-refractivity contribution in [2.24, 2.45) is 0 Å². The largest absolute Gasteiger partial charge is 0.484 e. The van der Waals surface area contributed by atoms with Gasteiger partial charge >= 0.3 is 0 Å². The highest BCUT2D eigenvalue weighted by molar-refractivity contribution is 5.95. The molecule has 2 N–H and O–H groups in total. The van der Waals surface area contributed by atoms with E-state index in [1.807, 2.05) is 25.1 Å². The zero-order valence-electron chi connectivity index (χ0n) is 14.2. The molecule has 2 aromatic rings. The Kier molecular flexibility index (Phi) is 4.83. The standard InChI is InChI=1S/C18H20N4O3/c1-22(2)18-15(4-3-9-19-18)21-17(24)11-25-13-6-7-14-12(10-13)5-8-16(23)20-14/h3-4,6-7,9-10H,5,8,11H2,1-2H3,(H,20,23)(H,21,24). The van der Waals surface area contributed by atoms with Crippen LogP contribution in [0.15, 0.2) is 36.5 Å². The summed E-state index contributed by atoms with van der Waals surface area (Å²) in [6.45, 7) is -0.104. The number of aryl methyl sites for hydroxylation is 1. The minimum Gasteiger partial charge on any atom is -0.484 e. The number of carbonyl (C=O) groups excluding carboxylic acids is 2. The first-order chi connectivity index (χ1) is 12.0. The lowest BCUT2D eigenvalue weighted by atomic mass is 10.0. The molecule has 1 aromatic carbocycles. The summed E-state index contributed by atoms with van der Waals surface area (Å²) in [5, 5.41) is 5.62. The van der Waals surface area contributed by atoms with Crippen LogP contribution in [0.3, 0.4) is 0 Å². The number of aromatic nitrogens is 1. The lowest BCUT2D eigenvalue weighted by molar-refractivity contribution is -0.118. The molecule has 0 saturated heterocycles. The molecule has 1 aliphatic rings. The summed E-state index contributed by atoms with van der Waals surface area (Å²) in [4.78, 5) is 29.6. The Hall–Kier alpha value is -3.09. The topological polar surface area (TPSA) is 83.6 Å². The molecule has 0 radical (unpaired) electrons. The molecule has 1 aromatic heterocycles. The van der Waals surface area contributed by atoms with Crippen molar-refractivity contribution in [2.75, 3.05) is 36.2 Å². The Morgan fingerprint density at radius 1 is 1.32 bits per heavy atom. The van der Waals surface area contributed by atoms with E-state index in [0.717, 1.165) is 11.3 Å². The van der Waals surface area contributed by atoms with Gasteiger partial charge < -0.3 is 20.3 Å². The van der Waals surface area contributed by atoms with E-state index >= 15 is 0 Å². The number of amides is 2. The highest BCUT2D eigenvalue weighted by atomic mass is 16.5. The van der Waals surface area contributed by atoms with Gasteiger partial charge in [0.1, 0.15) is 5.75 Å². The Morgan fingerprint density at radius 2 is 2.16 bits per heavy atom. The molecule has 130 valence electrons. The van der Waals surface area contributed by atoms with Crippen LogP contribution in [0.25, 0.3) is 0 Å². The molecule has 0 saturated carbocycles. The van der Waals surface area contributed by atoms with Gasteiger partial charge in [-0.2, -0.15) is 0 Å². The van der Waals surface area contributed by atoms with Crippen LogP contribution in [0.5, 0.6) is 5.75 Å². The quantitative estimate of drug-likeness (QED) is 0.870. The molecule has 1 aliphatic heterocycles. The van der Waals surface area contributed by atoms with Gasteiger partial charge in [0.15, 0.2) is 12.4 Å². The van der Waals surface area contributed by atoms with Crippen LogP contribution in [-0.4, -0.2) is 37.5 Å². The van der Waals surface area contributed by atoms with Crippen molar-refractivity contribution >= 4 is 29.0 Å². The van der Waals surface area contributed by atoms with Crippen LogP contribution >= 0.6 is 0 Å². The van der Waals surface area contributed by atoms with Crippen molar-refractivity contribution in [2.45, 2.75) is 12.8 Å². The van der Waals surface area contributed by atoms with Gasteiger partial charge in [0.2, 0.25) is 5.91 Å². The first-order valence-corrected chi connectivity index (χ1v) is 8.00. The molecular weight excluding hydrogens is 320 g/mol. The number of benzene rings is 1. The summed E-state index contributed by atoms with van der Waals surface area (Å²) in [6, 6.07) is 8.96. The van der Waals surface area contributed by atoms with Crippen molar-refractivity contribution in [3.63, 3.8) is 0 Å². The molecule has 2 heterocycles. The van der Waals surface area contributed by atoms with Crippen molar-refractivity contribution < 1.29 is 14.3 Å². The van der Waals surface area contributed by atoms with E-state index in [4.69, 9.17) is 4.74 Å². The molecule has 25 heavy (non-hydrogen) atoms. The van der Waals surface area contributed by atoms with E-state index in [2.05, 4.69) is 15.6 Å². The Bertz CT molecular complexity index is 805. The van der Waals surface area contributed by atoms with E-state index in [9.17, 15) is 9.59 Å².